The Balaban J connectivity index is 1.68. The molecule has 0 spiro atoms. The van der Waals surface area contributed by atoms with Gasteiger partial charge < -0.3 is 4.74 Å². The minimum atomic E-state index is -0.602. The molecule has 3 nitrogen and oxygen atoms in total. The van der Waals surface area contributed by atoms with Crippen LogP contribution in [-0.2, 0) is 9.59 Å². The quantitative estimate of drug-likeness (QED) is 0.235. The van der Waals surface area contributed by atoms with Crippen LogP contribution in [0.4, 0.5) is 0 Å². The average molecular weight is 415 g/mol. The monoisotopic (exact) mass is 414 g/mol. The smallest absolute Gasteiger partial charge is 0.150 e. The predicted octanol–water partition coefficient (Wildman–Crippen LogP) is 7.42. The number of rotatable bonds is 14. The highest BCUT2D eigenvalue weighted by Gasteiger charge is 2.35. The lowest BCUT2D eigenvalue weighted by molar-refractivity contribution is -0.134. The first-order chi connectivity index (χ1) is 14.5. The number of unbranched alkanes of at least 4 members (excludes halogenated alkanes) is 9. The van der Waals surface area contributed by atoms with Crippen molar-refractivity contribution in [3.63, 3.8) is 0 Å². The van der Waals surface area contributed by atoms with E-state index < -0.39 is 5.92 Å². The van der Waals surface area contributed by atoms with E-state index in [1.807, 2.05) is 31.2 Å². The van der Waals surface area contributed by atoms with Crippen LogP contribution in [0, 0.1) is 5.92 Å². The molecule has 1 fully saturated rings. The molecule has 3 heteroatoms. The third-order valence-corrected chi connectivity index (χ3v) is 6.41. The third-order valence-electron chi connectivity index (χ3n) is 6.41. The first kappa shape index (κ1) is 24.6. The summed E-state index contributed by atoms with van der Waals surface area (Å²) < 4.78 is 6.10. The first-order valence-electron chi connectivity index (χ1n) is 12.4. The maximum atomic E-state index is 12.5. The van der Waals surface area contributed by atoms with Gasteiger partial charge >= 0.3 is 0 Å². The molecule has 0 heterocycles. The number of hydrogen-bond donors (Lipinski definition) is 0. The summed E-state index contributed by atoms with van der Waals surface area (Å²) in [6.07, 6.45) is 15.8. The van der Waals surface area contributed by atoms with Crippen molar-refractivity contribution in [2.75, 3.05) is 0 Å². The fourth-order valence-electron chi connectivity index (χ4n) is 4.42. The summed E-state index contributed by atoms with van der Waals surface area (Å²) in [6, 6.07) is 7.61. The van der Waals surface area contributed by atoms with E-state index in [4.69, 9.17) is 4.74 Å². The second-order valence-electron chi connectivity index (χ2n) is 9.21. The number of carbonyl (C=O) groups is 2. The van der Waals surface area contributed by atoms with Crippen LogP contribution >= 0.6 is 0 Å². The Morgan fingerprint density at radius 1 is 0.967 bits per heavy atom. The zero-order chi connectivity index (χ0) is 21.8. The highest BCUT2D eigenvalue weighted by Crippen LogP contribution is 2.32. The Hall–Kier alpha value is -1.64. The van der Waals surface area contributed by atoms with Crippen LogP contribution in [-0.4, -0.2) is 17.7 Å². The Morgan fingerprint density at radius 3 is 2.27 bits per heavy atom. The van der Waals surface area contributed by atoms with Crippen LogP contribution in [0.5, 0.6) is 5.75 Å². The zero-order valence-corrected chi connectivity index (χ0v) is 19.5. The molecule has 0 aromatic heterocycles. The summed E-state index contributed by atoms with van der Waals surface area (Å²) in [4.78, 5) is 24.9. The average Bonchev–Trinajstić information content (AvgIpc) is 2.73. The summed E-state index contributed by atoms with van der Waals surface area (Å²) in [6.45, 7) is 6.30. The molecule has 1 aromatic rings. The van der Waals surface area contributed by atoms with Gasteiger partial charge in [-0.15, -0.1) is 0 Å². The molecule has 168 valence electrons. The molecular formula is C27H42O3. The Bertz CT molecular complexity index is 651. The van der Waals surface area contributed by atoms with Crippen LogP contribution in [0.25, 0.3) is 0 Å². The molecule has 0 amide bonds. The fourth-order valence-corrected chi connectivity index (χ4v) is 4.42. The highest BCUT2D eigenvalue weighted by molar-refractivity contribution is 6.10. The zero-order valence-electron chi connectivity index (χ0n) is 19.5. The topological polar surface area (TPSA) is 43.4 Å². The molecule has 2 rings (SSSR count). The molecule has 0 saturated heterocycles. The Labute approximate surface area is 184 Å². The van der Waals surface area contributed by atoms with Crippen LogP contribution < -0.4 is 4.74 Å². The first-order valence-corrected chi connectivity index (χ1v) is 12.4. The molecule has 1 saturated carbocycles. The maximum absolute atomic E-state index is 12.5. The lowest BCUT2D eigenvalue weighted by atomic mass is 9.77. The fraction of sp³-hybridized carbons (Fsp3) is 0.704. The lowest BCUT2D eigenvalue weighted by Crippen LogP contribution is -2.32. The van der Waals surface area contributed by atoms with Crippen LogP contribution in [0.15, 0.2) is 24.3 Å². The van der Waals surface area contributed by atoms with Crippen molar-refractivity contribution in [2.24, 2.45) is 5.92 Å². The lowest BCUT2D eigenvalue weighted by Gasteiger charge is -2.25. The van der Waals surface area contributed by atoms with Crippen molar-refractivity contribution in [3.05, 3.63) is 29.8 Å². The summed E-state index contributed by atoms with van der Waals surface area (Å²) in [5, 5.41) is 0. The van der Waals surface area contributed by atoms with Crippen molar-refractivity contribution >= 4 is 11.6 Å². The van der Waals surface area contributed by atoms with E-state index in [-0.39, 0.29) is 23.6 Å². The summed E-state index contributed by atoms with van der Waals surface area (Å²) in [7, 11) is 0. The van der Waals surface area contributed by atoms with Gasteiger partial charge in [0.1, 0.15) is 17.5 Å². The predicted molar refractivity (Wildman–Crippen MR) is 124 cm³/mol. The molecule has 3 atom stereocenters. The van der Waals surface area contributed by atoms with Gasteiger partial charge in [-0.05, 0) is 43.9 Å². The highest BCUT2D eigenvalue weighted by atomic mass is 16.5. The van der Waals surface area contributed by atoms with Crippen LogP contribution in [0.2, 0.25) is 0 Å². The van der Waals surface area contributed by atoms with Gasteiger partial charge in [-0.2, -0.15) is 0 Å². The third kappa shape index (κ3) is 8.24. The van der Waals surface area contributed by atoms with Gasteiger partial charge in [-0.3, -0.25) is 9.59 Å². The Morgan fingerprint density at radius 2 is 1.60 bits per heavy atom. The molecule has 0 N–H and O–H groups in total. The molecule has 0 bridgehead atoms. The number of ketones is 2. The standard InChI is InChI=1S/C27H42O3/c1-4-5-6-7-8-9-10-11-12-13-15-22(3)30-24-17-14-16-23(20-24)26-25(28)19-18-21(2)27(26)29/h14,16-17,20-22,26H,4-13,15,18-19H2,1-3H3. The van der Waals surface area contributed by atoms with E-state index in [2.05, 4.69) is 13.8 Å². The van der Waals surface area contributed by atoms with Crippen molar-refractivity contribution in [1.29, 1.82) is 0 Å². The van der Waals surface area contributed by atoms with E-state index in [9.17, 15) is 9.59 Å². The summed E-state index contributed by atoms with van der Waals surface area (Å²) in [5.41, 5.74) is 0.792. The maximum Gasteiger partial charge on any atom is 0.150 e. The minimum Gasteiger partial charge on any atom is -0.491 e. The van der Waals surface area contributed by atoms with Crippen LogP contribution in [0.3, 0.4) is 0 Å². The second kappa shape index (κ2) is 13.6. The Kier molecular flexibility index (Phi) is 11.2. The molecule has 1 aromatic carbocycles. The van der Waals surface area contributed by atoms with Gasteiger partial charge in [-0.1, -0.05) is 83.8 Å². The molecule has 0 aliphatic heterocycles. The van der Waals surface area contributed by atoms with Crippen molar-refractivity contribution in [3.8, 4) is 5.75 Å². The van der Waals surface area contributed by atoms with Gasteiger partial charge in [0, 0.05) is 12.3 Å². The number of carbonyl (C=O) groups excluding carboxylic acids is 2. The van der Waals surface area contributed by atoms with E-state index >= 15 is 0 Å². The van der Waals surface area contributed by atoms with E-state index in [0.717, 1.165) is 17.7 Å². The number of ether oxygens (including phenoxy) is 1. The molecule has 1 aliphatic carbocycles. The summed E-state index contributed by atoms with van der Waals surface area (Å²) in [5.74, 6) is 0.239. The number of benzene rings is 1. The van der Waals surface area contributed by atoms with E-state index in [1.54, 1.807) is 0 Å². The van der Waals surface area contributed by atoms with Gasteiger partial charge in [0.05, 0.1) is 6.10 Å². The van der Waals surface area contributed by atoms with Crippen molar-refractivity contribution in [1.82, 2.24) is 0 Å². The van der Waals surface area contributed by atoms with Crippen molar-refractivity contribution in [2.45, 2.75) is 116 Å². The minimum absolute atomic E-state index is 0.0347. The number of hydrogen-bond acceptors (Lipinski definition) is 3. The van der Waals surface area contributed by atoms with E-state index in [0.29, 0.717) is 12.8 Å². The molecular weight excluding hydrogens is 372 g/mol. The number of Topliss-reactive ketones (excluding diaryl/α,β-unsaturated/α-hetero) is 2. The SMILES string of the molecule is CCCCCCCCCCCCC(C)Oc1cccc(C2C(=O)CCC(C)C2=O)c1. The second-order valence-corrected chi connectivity index (χ2v) is 9.21. The summed E-state index contributed by atoms with van der Waals surface area (Å²) >= 11 is 0. The van der Waals surface area contributed by atoms with Crippen LogP contribution in [0.1, 0.15) is 116 Å². The molecule has 3 unspecified atom stereocenters. The van der Waals surface area contributed by atoms with E-state index in [1.165, 1.54) is 64.2 Å². The van der Waals surface area contributed by atoms with Gasteiger partial charge in [0.2, 0.25) is 0 Å². The van der Waals surface area contributed by atoms with Crippen molar-refractivity contribution < 1.29 is 14.3 Å². The van der Waals surface area contributed by atoms with Gasteiger partial charge in [0.25, 0.3) is 0 Å². The normalized spacial score (nSPS) is 20.4. The molecule has 30 heavy (non-hydrogen) atoms. The largest absolute Gasteiger partial charge is 0.491 e. The molecule has 1 aliphatic rings. The van der Waals surface area contributed by atoms with Gasteiger partial charge in [0.15, 0.2) is 5.78 Å². The van der Waals surface area contributed by atoms with Gasteiger partial charge in [-0.25, -0.2) is 0 Å². The molecule has 0 radical (unpaired) electrons.